The van der Waals surface area contributed by atoms with Crippen LogP contribution in [0.3, 0.4) is 0 Å². The lowest BCUT2D eigenvalue weighted by Gasteiger charge is -2.06. The van der Waals surface area contributed by atoms with Crippen LogP contribution in [0.4, 0.5) is 17.6 Å². The maximum absolute atomic E-state index is 14.0. The number of halogens is 4. The molecule has 0 aliphatic rings. The molecule has 0 fully saturated rings. The number of aryl methyl sites for hydroxylation is 1. The van der Waals surface area contributed by atoms with E-state index < -0.39 is 18.5 Å². The summed E-state index contributed by atoms with van der Waals surface area (Å²) in [4.78, 5) is 8.33. The number of methoxy groups -OCH3 is 1. The second kappa shape index (κ2) is 7.01. The SMILES string of the molecule is COc1ncc(-c2cc(C)c3c(O)n(-c4cnn(CC(F)(F)F)c4)cc3n2)cc1F. The highest BCUT2D eigenvalue weighted by Gasteiger charge is 2.28. The molecule has 0 spiro atoms. The van der Waals surface area contributed by atoms with Gasteiger partial charge in [0.05, 0.1) is 35.6 Å². The van der Waals surface area contributed by atoms with Crippen LogP contribution in [0.15, 0.2) is 36.9 Å². The van der Waals surface area contributed by atoms with E-state index in [1.54, 1.807) is 13.0 Å². The minimum absolute atomic E-state index is 0.142. The maximum atomic E-state index is 14.0. The molecule has 0 aromatic carbocycles. The zero-order valence-electron chi connectivity index (χ0n) is 15.8. The highest BCUT2D eigenvalue weighted by Crippen LogP contribution is 2.34. The van der Waals surface area contributed by atoms with Crippen LogP contribution in [0, 0.1) is 12.7 Å². The van der Waals surface area contributed by atoms with Gasteiger partial charge in [0, 0.05) is 24.2 Å². The zero-order chi connectivity index (χ0) is 21.6. The molecule has 11 heteroatoms. The number of aromatic nitrogens is 5. The first-order valence-electron chi connectivity index (χ1n) is 8.67. The van der Waals surface area contributed by atoms with Crippen LogP contribution in [0.25, 0.3) is 27.8 Å². The first-order valence-corrected chi connectivity index (χ1v) is 8.67. The molecule has 0 aliphatic carbocycles. The Labute approximate surface area is 167 Å². The van der Waals surface area contributed by atoms with E-state index in [2.05, 4.69) is 15.1 Å². The van der Waals surface area contributed by atoms with E-state index in [1.165, 1.54) is 42.5 Å². The molecule has 30 heavy (non-hydrogen) atoms. The Balaban J connectivity index is 1.77. The lowest BCUT2D eigenvalue weighted by atomic mass is 10.1. The van der Waals surface area contributed by atoms with Crippen molar-refractivity contribution in [1.82, 2.24) is 24.3 Å². The minimum Gasteiger partial charge on any atom is -0.494 e. The van der Waals surface area contributed by atoms with Crippen LogP contribution in [-0.2, 0) is 6.54 Å². The number of ether oxygens (including phenoxy) is 1. The Hall–Kier alpha value is -3.63. The standard InChI is InChI=1S/C19H15F4N5O2/c1-10-3-14(11-4-13(20)17(30-2)24-5-11)26-15-8-28(18(29)16(10)15)12-6-25-27(7-12)9-19(21,22)23/h3-8,29H,9H2,1-2H3. The molecule has 4 rings (SSSR count). The number of hydrogen-bond acceptors (Lipinski definition) is 5. The predicted octanol–water partition coefficient (Wildman–Crippen LogP) is 4.01. The summed E-state index contributed by atoms with van der Waals surface area (Å²) >= 11 is 0. The van der Waals surface area contributed by atoms with Gasteiger partial charge in [0.1, 0.15) is 6.54 Å². The molecule has 4 heterocycles. The first-order chi connectivity index (χ1) is 14.2. The molecule has 0 amide bonds. The van der Waals surface area contributed by atoms with Gasteiger partial charge in [0.15, 0.2) is 5.82 Å². The monoisotopic (exact) mass is 421 g/mol. The van der Waals surface area contributed by atoms with Gasteiger partial charge in [-0.1, -0.05) is 0 Å². The van der Waals surface area contributed by atoms with Crippen molar-refractivity contribution in [2.24, 2.45) is 0 Å². The van der Waals surface area contributed by atoms with Gasteiger partial charge in [-0.2, -0.15) is 18.3 Å². The quantitative estimate of drug-likeness (QED) is 0.504. The minimum atomic E-state index is -4.42. The van der Waals surface area contributed by atoms with Gasteiger partial charge in [-0.25, -0.2) is 14.4 Å². The second-order valence-corrected chi connectivity index (χ2v) is 6.63. The smallest absolute Gasteiger partial charge is 0.408 e. The fraction of sp³-hybridized carbons (Fsp3) is 0.211. The fourth-order valence-corrected chi connectivity index (χ4v) is 3.19. The topological polar surface area (TPSA) is 78.0 Å². The van der Waals surface area contributed by atoms with Gasteiger partial charge < -0.3 is 9.84 Å². The molecule has 4 aromatic heterocycles. The summed E-state index contributed by atoms with van der Waals surface area (Å²) in [5, 5.41) is 14.7. The summed E-state index contributed by atoms with van der Waals surface area (Å²) in [6.45, 7) is 0.490. The number of alkyl halides is 3. The van der Waals surface area contributed by atoms with Gasteiger partial charge in [0.25, 0.3) is 0 Å². The van der Waals surface area contributed by atoms with E-state index in [-0.39, 0.29) is 17.4 Å². The summed E-state index contributed by atoms with van der Waals surface area (Å²) < 4.78 is 58.5. The summed E-state index contributed by atoms with van der Waals surface area (Å²) in [5.74, 6) is -0.976. The third-order valence-electron chi connectivity index (χ3n) is 4.48. The highest BCUT2D eigenvalue weighted by molar-refractivity contribution is 5.90. The van der Waals surface area contributed by atoms with Crippen molar-refractivity contribution in [2.75, 3.05) is 7.11 Å². The normalized spacial score (nSPS) is 11.9. The van der Waals surface area contributed by atoms with Gasteiger partial charge in [0.2, 0.25) is 11.8 Å². The average Bonchev–Trinajstić information content (AvgIpc) is 3.24. The van der Waals surface area contributed by atoms with Crippen molar-refractivity contribution in [1.29, 1.82) is 0 Å². The summed E-state index contributed by atoms with van der Waals surface area (Å²) in [6.07, 6.45) is 0.854. The van der Waals surface area contributed by atoms with E-state index in [9.17, 15) is 22.7 Å². The predicted molar refractivity (Wildman–Crippen MR) is 99.1 cm³/mol. The van der Waals surface area contributed by atoms with E-state index >= 15 is 0 Å². The lowest BCUT2D eigenvalue weighted by Crippen LogP contribution is -2.17. The third kappa shape index (κ3) is 3.53. The third-order valence-corrected chi connectivity index (χ3v) is 4.48. The van der Waals surface area contributed by atoms with Crippen molar-refractivity contribution < 1.29 is 27.4 Å². The van der Waals surface area contributed by atoms with Crippen LogP contribution in [0.1, 0.15) is 5.56 Å². The number of hydrogen-bond donors (Lipinski definition) is 1. The van der Waals surface area contributed by atoms with E-state index in [0.717, 1.165) is 4.68 Å². The summed E-state index contributed by atoms with van der Waals surface area (Å²) in [6, 6.07) is 2.89. The largest absolute Gasteiger partial charge is 0.494 e. The first kappa shape index (κ1) is 19.7. The molecule has 0 atom stereocenters. The second-order valence-electron chi connectivity index (χ2n) is 6.63. The number of fused-ring (bicyclic) bond motifs is 1. The number of aromatic hydroxyl groups is 1. The Morgan fingerprint density at radius 2 is 1.93 bits per heavy atom. The molecule has 4 aromatic rings. The van der Waals surface area contributed by atoms with E-state index in [1.807, 2.05) is 0 Å². The highest BCUT2D eigenvalue weighted by atomic mass is 19.4. The Kier molecular flexibility index (Phi) is 4.60. The Morgan fingerprint density at radius 3 is 2.60 bits per heavy atom. The molecule has 0 saturated heterocycles. The molecule has 7 nitrogen and oxygen atoms in total. The van der Waals surface area contributed by atoms with Crippen molar-refractivity contribution >= 4 is 10.9 Å². The molecular weight excluding hydrogens is 406 g/mol. The maximum Gasteiger partial charge on any atom is 0.408 e. The molecule has 0 bridgehead atoms. The molecule has 1 N–H and O–H groups in total. The molecule has 0 saturated carbocycles. The summed E-state index contributed by atoms with van der Waals surface area (Å²) in [7, 11) is 1.31. The van der Waals surface area contributed by atoms with Crippen molar-refractivity contribution in [3.63, 3.8) is 0 Å². The van der Waals surface area contributed by atoms with Gasteiger partial charge in [-0.3, -0.25) is 9.25 Å². The molecule has 0 unspecified atom stereocenters. The van der Waals surface area contributed by atoms with Crippen LogP contribution >= 0.6 is 0 Å². The van der Waals surface area contributed by atoms with Gasteiger partial charge in [-0.05, 0) is 24.6 Å². The van der Waals surface area contributed by atoms with Crippen molar-refractivity contribution in [2.45, 2.75) is 19.6 Å². The summed E-state index contributed by atoms with van der Waals surface area (Å²) in [5.41, 5.74) is 2.09. The molecule has 0 aliphatic heterocycles. The van der Waals surface area contributed by atoms with Crippen molar-refractivity contribution in [3.8, 4) is 28.7 Å². The zero-order valence-corrected chi connectivity index (χ0v) is 15.8. The molecule has 156 valence electrons. The molecular formula is C19H15F4N5O2. The molecule has 0 radical (unpaired) electrons. The van der Waals surface area contributed by atoms with Crippen LogP contribution in [0.5, 0.6) is 11.8 Å². The van der Waals surface area contributed by atoms with E-state index in [0.29, 0.717) is 27.7 Å². The fourth-order valence-electron chi connectivity index (χ4n) is 3.19. The van der Waals surface area contributed by atoms with E-state index in [4.69, 9.17) is 4.74 Å². The van der Waals surface area contributed by atoms with Gasteiger partial charge >= 0.3 is 6.18 Å². The van der Waals surface area contributed by atoms with Crippen LogP contribution < -0.4 is 4.74 Å². The Bertz CT molecular complexity index is 1250. The van der Waals surface area contributed by atoms with Crippen molar-refractivity contribution in [3.05, 3.63) is 48.3 Å². The Morgan fingerprint density at radius 1 is 1.17 bits per heavy atom. The number of pyridine rings is 2. The lowest BCUT2D eigenvalue weighted by molar-refractivity contribution is -0.142. The van der Waals surface area contributed by atoms with Crippen LogP contribution in [-0.4, -0.2) is 42.7 Å². The van der Waals surface area contributed by atoms with Gasteiger partial charge in [-0.15, -0.1) is 0 Å². The average molecular weight is 421 g/mol. The number of nitrogens with zero attached hydrogens (tertiary/aromatic N) is 5. The van der Waals surface area contributed by atoms with Crippen LogP contribution in [0.2, 0.25) is 0 Å². The number of rotatable bonds is 4.